The molecule has 0 saturated heterocycles. The highest BCUT2D eigenvalue weighted by molar-refractivity contribution is 8.00. The third kappa shape index (κ3) is 4.81. The van der Waals surface area contributed by atoms with Gasteiger partial charge in [0.05, 0.1) is 12.1 Å². The minimum Gasteiger partial charge on any atom is -0.369 e. The van der Waals surface area contributed by atoms with Crippen LogP contribution in [0.2, 0.25) is 0 Å². The Bertz CT molecular complexity index is 1060. The number of primary amides is 1. The van der Waals surface area contributed by atoms with E-state index >= 15 is 0 Å². The van der Waals surface area contributed by atoms with Crippen LogP contribution in [0.25, 0.3) is 22.4 Å². The highest BCUT2D eigenvalue weighted by Crippen LogP contribution is 2.40. The average molecular weight is 441 g/mol. The van der Waals surface area contributed by atoms with Gasteiger partial charge in [-0.15, -0.1) is 0 Å². The summed E-state index contributed by atoms with van der Waals surface area (Å²) >= 11 is -0.225. The molecule has 0 saturated carbocycles. The molecule has 3 rings (SSSR count). The van der Waals surface area contributed by atoms with Crippen LogP contribution in [-0.4, -0.2) is 21.2 Å². The Kier molecular flexibility index (Phi) is 6.16. The minimum atomic E-state index is -4.40. The lowest BCUT2D eigenvalue weighted by atomic mass is 9.94. The molecule has 2 aromatic carbocycles. The van der Waals surface area contributed by atoms with Crippen LogP contribution in [0, 0.1) is 0 Å². The van der Waals surface area contributed by atoms with Gasteiger partial charge in [-0.1, -0.05) is 36.4 Å². The van der Waals surface area contributed by atoms with Crippen molar-refractivity contribution in [1.82, 2.24) is 9.78 Å². The number of aromatic nitrogens is 2. The predicted molar refractivity (Wildman–Crippen MR) is 104 cm³/mol. The largest absolute Gasteiger partial charge is 0.446 e. The van der Waals surface area contributed by atoms with Gasteiger partial charge in [0.15, 0.2) is 0 Å². The molecule has 0 unspecified atom stereocenters. The zero-order valence-corrected chi connectivity index (χ0v) is 16.4. The van der Waals surface area contributed by atoms with Gasteiger partial charge in [-0.05, 0) is 35.0 Å². The van der Waals surface area contributed by atoms with E-state index in [4.69, 9.17) is 5.73 Å². The van der Waals surface area contributed by atoms with E-state index in [2.05, 4.69) is 5.10 Å². The summed E-state index contributed by atoms with van der Waals surface area (Å²) < 4.78 is 65.9. The molecule has 10 heteroatoms. The highest BCUT2D eigenvalue weighted by Gasteiger charge is 2.29. The molecule has 30 heavy (non-hydrogen) atoms. The van der Waals surface area contributed by atoms with Crippen LogP contribution in [0.4, 0.5) is 22.0 Å². The van der Waals surface area contributed by atoms with Crippen molar-refractivity contribution in [2.75, 3.05) is 0 Å². The number of nitrogens with two attached hydrogens (primary N) is 1. The van der Waals surface area contributed by atoms with Crippen LogP contribution in [0.15, 0.2) is 53.4 Å². The number of halogens is 5. The van der Waals surface area contributed by atoms with E-state index in [1.807, 2.05) is 0 Å². The Hall–Kier alpha value is -2.88. The first-order valence-electron chi connectivity index (χ1n) is 8.64. The predicted octanol–water partition coefficient (Wildman–Crippen LogP) is 5.33. The Balaban J connectivity index is 2.12. The average Bonchev–Trinajstić information content (AvgIpc) is 2.96. The molecule has 3 aromatic rings. The van der Waals surface area contributed by atoms with Gasteiger partial charge < -0.3 is 5.73 Å². The molecule has 0 aliphatic rings. The maximum Gasteiger partial charge on any atom is 0.446 e. The molecule has 0 aliphatic heterocycles. The Morgan fingerprint density at radius 1 is 1.10 bits per heavy atom. The van der Waals surface area contributed by atoms with Gasteiger partial charge in [-0.2, -0.15) is 18.3 Å². The van der Waals surface area contributed by atoms with Crippen molar-refractivity contribution in [3.8, 4) is 22.4 Å². The second-order valence-electron chi connectivity index (χ2n) is 6.40. The van der Waals surface area contributed by atoms with Gasteiger partial charge in [-0.25, -0.2) is 8.78 Å². The van der Waals surface area contributed by atoms with Crippen molar-refractivity contribution in [2.45, 2.75) is 23.3 Å². The number of thioether (sulfide) groups is 1. The van der Waals surface area contributed by atoms with Crippen LogP contribution >= 0.6 is 11.8 Å². The zero-order valence-electron chi connectivity index (χ0n) is 15.6. The Morgan fingerprint density at radius 3 is 2.23 bits per heavy atom. The number of amides is 1. The summed E-state index contributed by atoms with van der Waals surface area (Å²) in [7, 11) is 1.48. The first kappa shape index (κ1) is 21.8. The van der Waals surface area contributed by atoms with Crippen molar-refractivity contribution in [1.29, 1.82) is 0 Å². The lowest BCUT2D eigenvalue weighted by molar-refractivity contribution is -0.117. The fourth-order valence-electron chi connectivity index (χ4n) is 3.23. The molecule has 0 aliphatic carbocycles. The lowest BCUT2D eigenvalue weighted by Gasteiger charge is -2.13. The number of carbonyl (C=O) groups is 1. The van der Waals surface area contributed by atoms with E-state index in [-0.39, 0.29) is 22.2 Å². The number of rotatable bonds is 6. The molecular weight excluding hydrogens is 425 g/mol. The quantitative estimate of drug-likeness (QED) is 0.415. The molecule has 2 N–H and O–H groups in total. The van der Waals surface area contributed by atoms with Gasteiger partial charge in [0.1, 0.15) is 5.69 Å². The van der Waals surface area contributed by atoms with Gasteiger partial charge in [0.2, 0.25) is 5.91 Å². The summed E-state index contributed by atoms with van der Waals surface area (Å²) in [6, 6.07) is 12.5. The standard InChI is InChI=1S/C20H16F5N3OS/c1-28-18(15(10-16(26)29)17(27-28)19(21)22)14-5-3-2-4-13(14)11-6-8-12(9-7-11)30-20(23,24)25/h2-9,19H,10H2,1H3,(H2,26,29). The number of hydrogen-bond acceptors (Lipinski definition) is 3. The lowest BCUT2D eigenvalue weighted by Crippen LogP contribution is -2.15. The number of aryl methyl sites for hydroxylation is 1. The van der Waals surface area contributed by atoms with Gasteiger partial charge in [0.25, 0.3) is 6.43 Å². The van der Waals surface area contributed by atoms with Crippen molar-refractivity contribution >= 4 is 17.7 Å². The van der Waals surface area contributed by atoms with E-state index in [9.17, 15) is 26.7 Å². The Morgan fingerprint density at radius 2 is 1.70 bits per heavy atom. The summed E-state index contributed by atoms with van der Waals surface area (Å²) in [6.07, 6.45) is -3.32. The van der Waals surface area contributed by atoms with Crippen LogP contribution in [-0.2, 0) is 18.3 Å². The molecule has 1 aromatic heterocycles. The second-order valence-corrected chi connectivity index (χ2v) is 7.54. The zero-order chi connectivity index (χ0) is 22.1. The van der Waals surface area contributed by atoms with E-state index in [0.29, 0.717) is 22.4 Å². The third-order valence-corrected chi connectivity index (χ3v) is 5.05. The number of alkyl halides is 5. The van der Waals surface area contributed by atoms with Crippen LogP contribution in [0.1, 0.15) is 17.7 Å². The summed E-state index contributed by atoms with van der Waals surface area (Å²) in [5.74, 6) is -0.780. The first-order valence-corrected chi connectivity index (χ1v) is 9.46. The third-order valence-electron chi connectivity index (χ3n) is 4.32. The Labute approximate surface area is 172 Å². The number of nitrogens with zero attached hydrogens (tertiary/aromatic N) is 2. The number of benzene rings is 2. The minimum absolute atomic E-state index is 0.0247. The summed E-state index contributed by atoms with van der Waals surface area (Å²) in [5.41, 5.74) is 2.33. The van der Waals surface area contributed by atoms with Crippen LogP contribution < -0.4 is 5.73 Å². The highest BCUT2D eigenvalue weighted by atomic mass is 32.2. The molecule has 1 heterocycles. The molecule has 0 atom stereocenters. The van der Waals surface area contributed by atoms with Crippen LogP contribution in [0.3, 0.4) is 0 Å². The SMILES string of the molecule is Cn1nc(C(F)F)c(CC(N)=O)c1-c1ccccc1-c1ccc(SC(F)(F)F)cc1. The molecule has 0 radical (unpaired) electrons. The monoisotopic (exact) mass is 441 g/mol. The van der Waals surface area contributed by atoms with Crippen molar-refractivity contribution < 1.29 is 26.7 Å². The van der Waals surface area contributed by atoms with Gasteiger partial charge in [-0.3, -0.25) is 9.48 Å². The van der Waals surface area contributed by atoms with Crippen LogP contribution in [0.5, 0.6) is 0 Å². The van der Waals surface area contributed by atoms with E-state index < -0.39 is 30.0 Å². The molecular formula is C20H16F5N3OS. The summed E-state index contributed by atoms with van der Waals surface area (Å²) in [6.45, 7) is 0. The van der Waals surface area contributed by atoms with Gasteiger partial charge in [0, 0.05) is 23.1 Å². The molecule has 1 amide bonds. The van der Waals surface area contributed by atoms with E-state index in [0.717, 1.165) is 0 Å². The van der Waals surface area contributed by atoms with Crippen molar-refractivity contribution in [3.05, 3.63) is 59.8 Å². The molecule has 0 bridgehead atoms. The normalized spacial score (nSPS) is 11.8. The topological polar surface area (TPSA) is 60.9 Å². The van der Waals surface area contributed by atoms with Crippen molar-refractivity contribution in [2.24, 2.45) is 12.8 Å². The maximum atomic E-state index is 13.5. The number of carbonyl (C=O) groups excluding carboxylic acids is 1. The maximum absolute atomic E-state index is 13.5. The molecule has 0 spiro atoms. The van der Waals surface area contributed by atoms with Crippen molar-refractivity contribution in [3.63, 3.8) is 0 Å². The smallest absolute Gasteiger partial charge is 0.369 e. The first-order chi connectivity index (χ1) is 14.1. The summed E-state index contributed by atoms with van der Waals surface area (Å²) in [5, 5.41) is 3.86. The summed E-state index contributed by atoms with van der Waals surface area (Å²) in [4.78, 5) is 11.5. The van der Waals surface area contributed by atoms with E-state index in [1.165, 1.54) is 36.0 Å². The fourth-order valence-corrected chi connectivity index (χ4v) is 3.77. The van der Waals surface area contributed by atoms with E-state index in [1.54, 1.807) is 24.3 Å². The van der Waals surface area contributed by atoms with Gasteiger partial charge >= 0.3 is 5.51 Å². The second kappa shape index (κ2) is 8.47. The molecule has 4 nitrogen and oxygen atoms in total. The fraction of sp³-hybridized carbons (Fsp3) is 0.200. The molecule has 0 fully saturated rings. The number of hydrogen-bond donors (Lipinski definition) is 1. The molecule has 158 valence electrons.